The van der Waals surface area contributed by atoms with Gasteiger partial charge in [0.25, 0.3) is 5.91 Å². The zero-order chi connectivity index (χ0) is 20.8. The average molecular weight is 396 g/mol. The number of nitrogens with zero attached hydrogens (tertiary/aromatic N) is 1. The molecule has 0 saturated heterocycles. The Morgan fingerprint density at radius 2 is 1.69 bits per heavy atom. The molecule has 2 amide bonds. The summed E-state index contributed by atoms with van der Waals surface area (Å²) in [7, 11) is 1.61. The van der Waals surface area contributed by atoms with Crippen LogP contribution in [-0.4, -0.2) is 42.4 Å². The van der Waals surface area contributed by atoms with Gasteiger partial charge in [0.05, 0.1) is 12.7 Å². The van der Waals surface area contributed by atoms with Crippen molar-refractivity contribution in [3.8, 4) is 5.75 Å². The Morgan fingerprint density at radius 3 is 2.24 bits per heavy atom. The fourth-order valence-corrected chi connectivity index (χ4v) is 2.92. The monoisotopic (exact) mass is 396 g/mol. The predicted molar refractivity (Wildman–Crippen MR) is 108 cm³/mol. The summed E-state index contributed by atoms with van der Waals surface area (Å²) in [6.45, 7) is 1.57. The largest absolute Gasteiger partial charge is 0.497 e. The highest BCUT2D eigenvalue weighted by atomic mass is 16.5. The summed E-state index contributed by atoms with van der Waals surface area (Å²) in [5.41, 5.74) is 1.90. The van der Waals surface area contributed by atoms with Crippen molar-refractivity contribution < 1.29 is 23.9 Å². The van der Waals surface area contributed by atoms with Gasteiger partial charge in [0, 0.05) is 25.2 Å². The van der Waals surface area contributed by atoms with Gasteiger partial charge in [0.2, 0.25) is 5.91 Å². The van der Waals surface area contributed by atoms with Crippen molar-refractivity contribution in [2.24, 2.45) is 0 Å². The number of benzene rings is 2. The van der Waals surface area contributed by atoms with Crippen LogP contribution in [0, 0.1) is 0 Å². The standard InChI is InChI=1S/C22H24N2O5/c1-15(25)23-18-7-5-17(6-8-18)22(27)29-14-21(26)24(19-9-10-19)13-16-3-11-20(28-2)12-4-16/h3-8,11-12,19H,9-10,13-14H2,1-2H3,(H,23,25). The fourth-order valence-electron chi connectivity index (χ4n) is 2.92. The number of hydrogen-bond donors (Lipinski definition) is 1. The summed E-state index contributed by atoms with van der Waals surface area (Å²) in [5, 5.41) is 2.63. The molecule has 1 saturated carbocycles. The van der Waals surface area contributed by atoms with Crippen molar-refractivity contribution in [1.29, 1.82) is 0 Å². The van der Waals surface area contributed by atoms with Crippen LogP contribution in [0.1, 0.15) is 35.7 Å². The Hall–Kier alpha value is -3.35. The number of rotatable bonds is 8. The first-order valence-corrected chi connectivity index (χ1v) is 9.43. The minimum absolute atomic E-state index is 0.192. The predicted octanol–water partition coefficient (Wildman–Crippen LogP) is 3.00. The van der Waals surface area contributed by atoms with Crippen molar-refractivity contribution in [1.82, 2.24) is 4.90 Å². The fraction of sp³-hybridized carbons (Fsp3) is 0.318. The third kappa shape index (κ3) is 5.81. The number of carbonyl (C=O) groups is 3. The van der Waals surface area contributed by atoms with E-state index in [1.165, 1.54) is 6.92 Å². The normalized spacial score (nSPS) is 12.8. The molecule has 0 aliphatic heterocycles. The molecule has 3 rings (SSSR count). The van der Waals surface area contributed by atoms with Crippen LogP contribution in [0.4, 0.5) is 5.69 Å². The maximum atomic E-state index is 12.6. The molecule has 0 unspecified atom stereocenters. The maximum Gasteiger partial charge on any atom is 0.338 e. The van der Waals surface area contributed by atoms with E-state index in [1.54, 1.807) is 36.3 Å². The molecular weight excluding hydrogens is 372 g/mol. The maximum absolute atomic E-state index is 12.6. The number of carbonyl (C=O) groups excluding carboxylic acids is 3. The first kappa shape index (κ1) is 20.4. The van der Waals surface area contributed by atoms with E-state index in [0.29, 0.717) is 17.8 Å². The second-order valence-corrected chi connectivity index (χ2v) is 6.94. The quantitative estimate of drug-likeness (QED) is 0.694. The highest BCUT2D eigenvalue weighted by Gasteiger charge is 2.33. The summed E-state index contributed by atoms with van der Waals surface area (Å²) in [4.78, 5) is 37.7. The second-order valence-electron chi connectivity index (χ2n) is 6.94. The highest BCUT2D eigenvalue weighted by Crippen LogP contribution is 2.29. The van der Waals surface area contributed by atoms with Crippen LogP contribution in [0.25, 0.3) is 0 Å². The molecule has 1 aliphatic carbocycles. The van der Waals surface area contributed by atoms with Crippen LogP contribution in [0.3, 0.4) is 0 Å². The second kappa shape index (κ2) is 9.23. The number of nitrogens with one attached hydrogen (secondary N) is 1. The summed E-state index contributed by atoms with van der Waals surface area (Å²) >= 11 is 0. The molecule has 152 valence electrons. The number of ether oxygens (including phenoxy) is 2. The lowest BCUT2D eigenvalue weighted by Crippen LogP contribution is -2.36. The molecule has 1 fully saturated rings. The van der Waals surface area contributed by atoms with E-state index in [0.717, 1.165) is 24.2 Å². The molecule has 1 aliphatic rings. The van der Waals surface area contributed by atoms with Crippen LogP contribution in [0.15, 0.2) is 48.5 Å². The van der Waals surface area contributed by atoms with Gasteiger partial charge in [-0.25, -0.2) is 4.79 Å². The Morgan fingerprint density at radius 1 is 1.03 bits per heavy atom. The summed E-state index contributed by atoms with van der Waals surface area (Å²) < 4.78 is 10.4. The smallest absolute Gasteiger partial charge is 0.338 e. The van der Waals surface area contributed by atoms with E-state index in [4.69, 9.17) is 9.47 Å². The van der Waals surface area contributed by atoms with Crippen molar-refractivity contribution in [2.75, 3.05) is 19.0 Å². The van der Waals surface area contributed by atoms with Crippen molar-refractivity contribution in [3.63, 3.8) is 0 Å². The molecule has 0 bridgehead atoms. The van der Waals surface area contributed by atoms with Crippen molar-refractivity contribution >= 4 is 23.5 Å². The van der Waals surface area contributed by atoms with E-state index in [2.05, 4.69) is 5.32 Å². The van der Waals surface area contributed by atoms with E-state index < -0.39 is 5.97 Å². The topological polar surface area (TPSA) is 84.9 Å². The SMILES string of the molecule is COc1ccc(CN(C(=O)COC(=O)c2ccc(NC(C)=O)cc2)C2CC2)cc1. The average Bonchev–Trinajstić information content (AvgIpc) is 3.55. The van der Waals surface area contributed by atoms with Crippen LogP contribution >= 0.6 is 0 Å². The van der Waals surface area contributed by atoms with Crippen molar-refractivity contribution in [2.45, 2.75) is 32.4 Å². The molecule has 29 heavy (non-hydrogen) atoms. The molecule has 0 heterocycles. The molecule has 2 aromatic rings. The minimum Gasteiger partial charge on any atom is -0.497 e. The van der Waals surface area contributed by atoms with E-state index >= 15 is 0 Å². The molecule has 2 aromatic carbocycles. The number of methoxy groups -OCH3 is 1. The summed E-state index contributed by atoms with van der Waals surface area (Å²) in [6.07, 6.45) is 1.92. The molecule has 7 heteroatoms. The molecule has 1 N–H and O–H groups in total. The molecule has 0 atom stereocenters. The number of hydrogen-bond acceptors (Lipinski definition) is 5. The first-order chi connectivity index (χ1) is 14.0. The summed E-state index contributed by atoms with van der Waals surface area (Å²) in [6, 6.07) is 14.1. The third-order valence-electron chi connectivity index (χ3n) is 4.59. The van der Waals surface area contributed by atoms with E-state index in [-0.39, 0.29) is 24.5 Å². The number of anilines is 1. The molecular formula is C22H24N2O5. The Bertz CT molecular complexity index is 873. The zero-order valence-corrected chi connectivity index (χ0v) is 16.5. The van der Waals surface area contributed by atoms with E-state index in [1.807, 2.05) is 24.3 Å². The van der Waals surface area contributed by atoms with Gasteiger partial charge in [-0.1, -0.05) is 12.1 Å². The molecule has 7 nitrogen and oxygen atoms in total. The summed E-state index contributed by atoms with van der Waals surface area (Å²) in [5.74, 6) is -0.223. The Balaban J connectivity index is 1.55. The highest BCUT2D eigenvalue weighted by molar-refractivity contribution is 5.93. The van der Waals surface area contributed by atoms with Gasteiger partial charge in [-0.05, 0) is 54.8 Å². The van der Waals surface area contributed by atoms with Crippen molar-refractivity contribution in [3.05, 3.63) is 59.7 Å². The minimum atomic E-state index is -0.576. The van der Waals surface area contributed by atoms with E-state index in [9.17, 15) is 14.4 Å². The van der Waals surface area contributed by atoms with Gasteiger partial charge in [0.15, 0.2) is 6.61 Å². The lowest BCUT2D eigenvalue weighted by Gasteiger charge is -2.22. The van der Waals surface area contributed by atoms with Crippen LogP contribution in [-0.2, 0) is 20.9 Å². The van der Waals surface area contributed by atoms with Gasteiger partial charge in [-0.3, -0.25) is 9.59 Å². The van der Waals surface area contributed by atoms with Crippen LogP contribution in [0.2, 0.25) is 0 Å². The van der Waals surface area contributed by atoms with Gasteiger partial charge in [0.1, 0.15) is 5.75 Å². The lowest BCUT2D eigenvalue weighted by molar-refractivity contribution is -0.135. The Kier molecular flexibility index (Phi) is 6.49. The number of esters is 1. The van der Waals surface area contributed by atoms with Crippen LogP contribution in [0.5, 0.6) is 5.75 Å². The van der Waals surface area contributed by atoms with Gasteiger partial charge >= 0.3 is 5.97 Å². The Labute approximate surface area is 169 Å². The third-order valence-corrected chi connectivity index (χ3v) is 4.59. The van der Waals surface area contributed by atoms with Crippen LogP contribution < -0.4 is 10.1 Å². The molecule has 0 aromatic heterocycles. The van der Waals surface area contributed by atoms with Gasteiger partial charge < -0.3 is 19.7 Å². The molecule has 0 radical (unpaired) electrons. The number of amides is 2. The first-order valence-electron chi connectivity index (χ1n) is 9.43. The molecule has 0 spiro atoms. The van der Waals surface area contributed by atoms with Gasteiger partial charge in [-0.15, -0.1) is 0 Å². The lowest BCUT2D eigenvalue weighted by atomic mass is 10.2. The zero-order valence-electron chi connectivity index (χ0n) is 16.5. The van der Waals surface area contributed by atoms with Gasteiger partial charge in [-0.2, -0.15) is 0 Å².